The summed E-state index contributed by atoms with van der Waals surface area (Å²) in [6, 6.07) is -6.16. The van der Waals surface area contributed by atoms with E-state index in [-0.39, 0.29) is 25.7 Å². The van der Waals surface area contributed by atoms with Crippen LogP contribution in [-0.2, 0) is 33.6 Å². The Balaban J connectivity index is 5.11. The number of aliphatic carboxylic acids is 3. The minimum atomic E-state index is -1.46. The lowest BCUT2D eigenvalue weighted by molar-refractivity contribution is -0.142. The summed E-state index contributed by atoms with van der Waals surface area (Å²) >= 11 is 0. The van der Waals surface area contributed by atoms with Gasteiger partial charge in [-0.1, -0.05) is 0 Å². The second kappa shape index (κ2) is 15.2. The summed E-state index contributed by atoms with van der Waals surface area (Å²) in [6.45, 7) is 3.74. The van der Waals surface area contributed by atoms with Crippen LogP contribution in [0.1, 0.15) is 52.9 Å². The minimum absolute atomic E-state index is 0.0108. The first kappa shape index (κ1) is 31.2. The molecule has 4 amide bonds. The highest BCUT2D eigenvalue weighted by Gasteiger charge is 2.27. The highest BCUT2D eigenvalue weighted by molar-refractivity contribution is 5.91. The van der Waals surface area contributed by atoms with Gasteiger partial charge in [-0.25, -0.2) is 4.79 Å². The lowest BCUT2D eigenvalue weighted by atomic mass is 10.0. The second-order valence-corrected chi connectivity index (χ2v) is 7.92. The third-order valence-electron chi connectivity index (χ3n) is 4.79. The van der Waals surface area contributed by atoms with Gasteiger partial charge < -0.3 is 42.3 Å². The second-order valence-electron chi connectivity index (χ2n) is 7.92. The normalized spacial score (nSPS) is 14.9. The first-order valence-electron chi connectivity index (χ1n) is 10.8. The molecule has 198 valence electrons. The number of hydrogen-bond donors (Lipinski definition) is 8. The first-order chi connectivity index (χ1) is 16.1. The average Bonchev–Trinajstić information content (AvgIpc) is 2.74. The average molecular weight is 504 g/mol. The Morgan fingerprint density at radius 3 is 1.77 bits per heavy atom. The highest BCUT2D eigenvalue weighted by atomic mass is 16.4. The van der Waals surface area contributed by atoms with Crippen molar-refractivity contribution in [2.75, 3.05) is 0 Å². The number of amides is 4. The van der Waals surface area contributed by atoms with Crippen LogP contribution >= 0.6 is 0 Å². The summed E-state index contributed by atoms with van der Waals surface area (Å²) in [6.07, 6.45) is -0.717. The number of nitrogens with one attached hydrogen (secondary N) is 4. The summed E-state index contributed by atoms with van der Waals surface area (Å²) in [4.78, 5) is 81.2. The Labute approximate surface area is 201 Å². The van der Waals surface area contributed by atoms with E-state index in [1.807, 2.05) is 0 Å². The van der Waals surface area contributed by atoms with E-state index < -0.39 is 78.2 Å². The van der Waals surface area contributed by atoms with Crippen molar-refractivity contribution < 1.29 is 48.9 Å². The number of carboxylic acid groups (broad SMARTS) is 3. The van der Waals surface area contributed by atoms with E-state index in [4.69, 9.17) is 15.9 Å². The maximum absolute atomic E-state index is 12.4. The van der Waals surface area contributed by atoms with Gasteiger partial charge in [-0.2, -0.15) is 0 Å². The van der Waals surface area contributed by atoms with Crippen molar-refractivity contribution in [2.24, 2.45) is 5.73 Å². The fourth-order valence-corrected chi connectivity index (χ4v) is 2.78. The lowest BCUT2D eigenvalue weighted by Gasteiger charge is -2.21. The van der Waals surface area contributed by atoms with Crippen molar-refractivity contribution in [3.63, 3.8) is 0 Å². The molecular weight excluding hydrogens is 470 g/mol. The molecule has 0 aromatic heterocycles. The molecule has 0 aliphatic carbocycles. The molecule has 0 aliphatic heterocycles. The van der Waals surface area contributed by atoms with Gasteiger partial charge in [0, 0.05) is 13.3 Å². The smallest absolute Gasteiger partial charge is 0.326 e. The van der Waals surface area contributed by atoms with Gasteiger partial charge in [0.15, 0.2) is 0 Å². The predicted octanol–water partition coefficient (Wildman–Crippen LogP) is -2.48. The van der Waals surface area contributed by atoms with Crippen molar-refractivity contribution >= 4 is 41.5 Å². The molecule has 9 N–H and O–H groups in total. The molecule has 0 spiro atoms. The molecular formula is C20H33N5O10. The van der Waals surface area contributed by atoms with E-state index in [1.165, 1.54) is 20.8 Å². The summed E-state index contributed by atoms with van der Waals surface area (Å²) in [5, 5.41) is 36.2. The van der Waals surface area contributed by atoms with Gasteiger partial charge in [-0.15, -0.1) is 0 Å². The summed E-state index contributed by atoms with van der Waals surface area (Å²) < 4.78 is 0. The number of carbonyl (C=O) groups excluding carboxylic acids is 4. The van der Waals surface area contributed by atoms with Crippen LogP contribution in [0.15, 0.2) is 0 Å². The van der Waals surface area contributed by atoms with E-state index in [0.29, 0.717) is 0 Å². The molecule has 0 saturated carbocycles. The van der Waals surface area contributed by atoms with Crippen molar-refractivity contribution in [2.45, 2.75) is 83.1 Å². The third kappa shape index (κ3) is 12.9. The van der Waals surface area contributed by atoms with Gasteiger partial charge in [-0.3, -0.25) is 28.8 Å². The minimum Gasteiger partial charge on any atom is -0.480 e. The summed E-state index contributed by atoms with van der Waals surface area (Å²) in [7, 11) is 0. The third-order valence-corrected chi connectivity index (χ3v) is 4.79. The largest absolute Gasteiger partial charge is 0.480 e. The van der Waals surface area contributed by atoms with Crippen LogP contribution in [-0.4, -0.2) is 87.1 Å². The SMILES string of the molecule is CC(=O)N[C@@H](C)C(=O)N[C@H](CCC(=O)N[C@@H](CCC[C@@H](N)C(=O)O)C(=O)N[C@H](C)C(=O)O)C(=O)O. The molecule has 0 radical (unpaired) electrons. The number of nitrogens with two attached hydrogens (primary N) is 1. The predicted molar refractivity (Wildman–Crippen MR) is 119 cm³/mol. The van der Waals surface area contributed by atoms with Crippen LogP contribution in [0.4, 0.5) is 0 Å². The zero-order valence-electron chi connectivity index (χ0n) is 19.7. The number of hydrogen-bond acceptors (Lipinski definition) is 8. The van der Waals surface area contributed by atoms with Gasteiger partial charge in [0.25, 0.3) is 0 Å². The molecule has 0 saturated heterocycles. The topological polar surface area (TPSA) is 254 Å². The van der Waals surface area contributed by atoms with Crippen LogP contribution in [0.25, 0.3) is 0 Å². The monoisotopic (exact) mass is 503 g/mol. The summed E-state index contributed by atoms with van der Waals surface area (Å²) in [5.74, 6) is -6.84. The Morgan fingerprint density at radius 1 is 0.686 bits per heavy atom. The maximum Gasteiger partial charge on any atom is 0.326 e. The van der Waals surface area contributed by atoms with E-state index in [1.54, 1.807) is 0 Å². The molecule has 0 fully saturated rings. The number of rotatable bonds is 16. The fraction of sp³-hybridized carbons (Fsp3) is 0.650. The quantitative estimate of drug-likeness (QED) is 0.109. The molecule has 0 unspecified atom stereocenters. The van der Waals surface area contributed by atoms with Crippen LogP contribution in [0.2, 0.25) is 0 Å². The Kier molecular flexibility index (Phi) is 13.6. The molecule has 35 heavy (non-hydrogen) atoms. The summed E-state index contributed by atoms with van der Waals surface area (Å²) in [5.41, 5.74) is 5.42. The molecule has 15 heteroatoms. The molecule has 0 aliphatic rings. The Morgan fingerprint density at radius 2 is 1.29 bits per heavy atom. The zero-order chi connectivity index (χ0) is 27.3. The lowest BCUT2D eigenvalue weighted by Crippen LogP contribution is -2.52. The van der Waals surface area contributed by atoms with Crippen molar-refractivity contribution in [1.82, 2.24) is 21.3 Å². The Hall–Kier alpha value is -3.75. The van der Waals surface area contributed by atoms with Crippen molar-refractivity contribution in [1.29, 1.82) is 0 Å². The van der Waals surface area contributed by atoms with Gasteiger partial charge >= 0.3 is 17.9 Å². The van der Waals surface area contributed by atoms with Gasteiger partial charge in [0.2, 0.25) is 23.6 Å². The van der Waals surface area contributed by atoms with E-state index in [2.05, 4.69) is 21.3 Å². The number of carbonyl (C=O) groups is 7. The molecule has 0 aromatic rings. The van der Waals surface area contributed by atoms with Crippen LogP contribution in [0.3, 0.4) is 0 Å². The first-order valence-corrected chi connectivity index (χ1v) is 10.8. The van der Waals surface area contributed by atoms with E-state index in [9.17, 15) is 38.7 Å². The maximum atomic E-state index is 12.4. The van der Waals surface area contributed by atoms with E-state index >= 15 is 0 Å². The standard InChI is InChI=1S/C20H33N5O10/c1-9(22-11(3)26)16(28)25-14(20(34)35)7-8-15(27)24-13(6-4-5-12(21)19(32)33)17(29)23-10(2)18(30)31/h9-10,12-14H,4-8,21H2,1-3H3,(H,22,26)(H,23,29)(H,24,27)(H,25,28)(H,30,31)(H,32,33)(H,34,35)/t9-,10+,12+,13-,14+/m0/s1. The van der Waals surface area contributed by atoms with Crippen molar-refractivity contribution in [3.8, 4) is 0 Å². The van der Waals surface area contributed by atoms with Crippen molar-refractivity contribution in [3.05, 3.63) is 0 Å². The van der Waals surface area contributed by atoms with Crippen LogP contribution in [0, 0.1) is 0 Å². The molecule has 0 rings (SSSR count). The van der Waals surface area contributed by atoms with Gasteiger partial charge in [-0.05, 0) is 39.5 Å². The van der Waals surface area contributed by atoms with Gasteiger partial charge in [0.1, 0.15) is 30.2 Å². The van der Waals surface area contributed by atoms with Crippen LogP contribution < -0.4 is 27.0 Å². The van der Waals surface area contributed by atoms with Crippen LogP contribution in [0.5, 0.6) is 0 Å². The molecule has 0 bridgehead atoms. The molecule has 15 nitrogen and oxygen atoms in total. The fourth-order valence-electron chi connectivity index (χ4n) is 2.78. The highest BCUT2D eigenvalue weighted by Crippen LogP contribution is 2.07. The molecule has 5 atom stereocenters. The zero-order valence-corrected chi connectivity index (χ0v) is 19.7. The van der Waals surface area contributed by atoms with Gasteiger partial charge in [0.05, 0.1) is 0 Å². The number of carboxylic acids is 3. The molecule has 0 aromatic carbocycles. The Bertz CT molecular complexity index is 818. The molecule has 0 heterocycles. The van der Waals surface area contributed by atoms with E-state index in [0.717, 1.165) is 0 Å².